The number of halogens is 4. The van der Waals surface area contributed by atoms with Gasteiger partial charge in [0.25, 0.3) is 0 Å². The summed E-state index contributed by atoms with van der Waals surface area (Å²) >= 11 is 24.7. The zero-order valence-corrected chi connectivity index (χ0v) is 12.1. The standard InChI is InChI=1S/C12H7Cl4NO/c13-6-3-7(14)12-9(11(6)16)10(15)5-4-18-2-1-8(5)17-12/h3H,1-2,4H2. The molecule has 0 bridgehead atoms. The van der Waals surface area contributed by atoms with Gasteiger partial charge in [0.15, 0.2) is 0 Å². The second-order valence-corrected chi connectivity index (χ2v) is 5.60. The Morgan fingerprint density at radius 3 is 2.61 bits per heavy atom. The van der Waals surface area contributed by atoms with E-state index in [0.717, 1.165) is 17.7 Å². The third kappa shape index (κ3) is 1.87. The summed E-state index contributed by atoms with van der Waals surface area (Å²) in [6, 6.07) is 1.59. The Hall–Kier alpha value is -0.250. The summed E-state index contributed by atoms with van der Waals surface area (Å²) in [5.74, 6) is 0. The Kier molecular flexibility index (Phi) is 3.33. The van der Waals surface area contributed by atoms with Crippen LogP contribution in [0.3, 0.4) is 0 Å². The van der Waals surface area contributed by atoms with Crippen molar-refractivity contribution in [1.82, 2.24) is 4.98 Å². The molecule has 3 rings (SSSR count). The quantitative estimate of drug-likeness (QED) is 0.642. The second kappa shape index (κ2) is 4.69. The number of aromatic nitrogens is 1. The minimum absolute atomic E-state index is 0.370. The van der Waals surface area contributed by atoms with Crippen molar-refractivity contribution in [2.75, 3.05) is 6.61 Å². The first-order valence-corrected chi connectivity index (χ1v) is 6.83. The van der Waals surface area contributed by atoms with Gasteiger partial charge in [-0.15, -0.1) is 0 Å². The van der Waals surface area contributed by atoms with Gasteiger partial charge in [0.1, 0.15) is 0 Å². The molecule has 0 fully saturated rings. The highest BCUT2D eigenvalue weighted by molar-refractivity contribution is 6.50. The molecule has 0 N–H and O–H groups in total. The van der Waals surface area contributed by atoms with E-state index in [1.54, 1.807) is 6.07 Å². The topological polar surface area (TPSA) is 22.1 Å². The van der Waals surface area contributed by atoms with E-state index in [-0.39, 0.29) is 0 Å². The molecule has 2 aromatic rings. The summed E-state index contributed by atoms with van der Waals surface area (Å²) in [6.07, 6.45) is 0.724. The monoisotopic (exact) mass is 321 g/mol. The number of ether oxygens (including phenoxy) is 1. The van der Waals surface area contributed by atoms with Gasteiger partial charge in [0.05, 0.1) is 44.5 Å². The number of fused-ring (bicyclic) bond motifs is 2. The van der Waals surface area contributed by atoms with E-state index >= 15 is 0 Å². The third-order valence-electron chi connectivity index (χ3n) is 2.95. The zero-order chi connectivity index (χ0) is 12.9. The first kappa shape index (κ1) is 12.8. The summed E-state index contributed by atoms with van der Waals surface area (Å²) in [6.45, 7) is 1.08. The molecule has 6 heteroatoms. The van der Waals surface area contributed by atoms with Crippen molar-refractivity contribution >= 4 is 57.3 Å². The molecule has 18 heavy (non-hydrogen) atoms. The first-order valence-electron chi connectivity index (χ1n) is 5.31. The maximum atomic E-state index is 6.39. The van der Waals surface area contributed by atoms with Crippen LogP contribution in [0, 0.1) is 0 Å². The van der Waals surface area contributed by atoms with Gasteiger partial charge in [-0.25, -0.2) is 0 Å². The van der Waals surface area contributed by atoms with E-state index in [0.29, 0.717) is 44.2 Å². The summed E-state index contributed by atoms with van der Waals surface area (Å²) in [5, 5.41) is 2.33. The van der Waals surface area contributed by atoms with Crippen molar-refractivity contribution < 1.29 is 4.74 Å². The lowest BCUT2D eigenvalue weighted by molar-refractivity contribution is 0.109. The molecule has 1 aromatic carbocycles. The van der Waals surface area contributed by atoms with Gasteiger partial charge < -0.3 is 4.74 Å². The molecule has 0 saturated carbocycles. The lowest BCUT2D eigenvalue weighted by atomic mass is 10.1. The second-order valence-electron chi connectivity index (χ2n) is 4.03. The van der Waals surface area contributed by atoms with Crippen LogP contribution in [0.5, 0.6) is 0 Å². The highest BCUT2D eigenvalue weighted by atomic mass is 35.5. The minimum Gasteiger partial charge on any atom is -0.376 e. The predicted molar refractivity (Wildman–Crippen MR) is 75.1 cm³/mol. The average molecular weight is 323 g/mol. The highest BCUT2D eigenvalue weighted by Crippen LogP contribution is 2.41. The van der Waals surface area contributed by atoms with E-state index in [2.05, 4.69) is 4.98 Å². The molecule has 0 spiro atoms. The van der Waals surface area contributed by atoms with Gasteiger partial charge in [-0.2, -0.15) is 0 Å². The number of nitrogens with zero attached hydrogens (tertiary/aromatic N) is 1. The molecule has 1 aliphatic rings. The number of rotatable bonds is 0. The highest BCUT2D eigenvalue weighted by Gasteiger charge is 2.21. The van der Waals surface area contributed by atoms with Crippen LogP contribution in [0.2, 0.25) is 20.1 Å². The van der Waals surface area contributed by atoms with Crippen molar-refractivity contribution in [2.24, 2.45) is 0 Å². The van der Waals surface area contributed by atoms with Gasteiger partial charge in [0, 0.05) is 17.4 Å². The van der Waals surface area contributed by atoms with Gasteiger partial charge in [0.2, 0.25) is 0 Å². The Morgan fingerprint density at radius 1 is 1.06 bits per heavy atom. The van der Waals surface area contributed by atoms with E-state index < -0.39 is 0 Å². The van der Waals surface area contributed by atoms with Gasteiger partial charge in [-0.05, 0) is 6.07 Å². The van der Waals surface area contributed by atoms with E-state index in [9.17, 15) is 0 Å². The van der Waals surface area contributed by atoms with Gasteiger partial charge >= 0.3 is 0 Å². The summed E-state index contributed by atoms with van der Waals surface area (Å²) < 4.78 is 5.39. The molecule has 0 radical (unpaired) electrons. The van der Waals surface area contributed by atoms with Crippen LogP contribution in [0.15, 0.2) is 6.07 Å². The maximum absolute atomic E-state index is 6.39. The van der Waals surface area contributed by atoms with E-state index in [4.69, 9.17) is 51.1 Å². The molecule has 2 nitrogen and oxygen atoms in total. The van der Waals surface area contributed by atoms with Crippen molar-refractivity contribution in [2.45, 2.75) is 13.0 Å². The molecule has 0 atom stereocenters. The molecule has 0 amide bonds. The molecule has 0 saturated heterocycles. The molecule has 1 aromatic heterocycles. The number of hydrogen-bond donors (Lipinski definition) is 0. The molecule has 0 unspecified atom stereocenters. The molecule has 2 heterocycles. The normalized spacial score (nSPS) is 14.9. The van der Waals surface area contributed by atoms with E-state index in [1.165, 1.54) is 0 Å². The minimum atomic E-state index is 0.370. The number of hydrogen-bond acceptors (Lipinski definition) is 2. The van der Waals surface area contributed by atoms with Crippen LogP contribution in [-0.2, 0) is 17.8 Å². The fourth-order valence-corrected chi connectivity index (χ4v) is 3.21. The molecular formula is C12H7Cl4NO. The smallest absolute Gasteiger partial charge is 0.0922 e. The molecule has 0 aliphatic carbocycles. The van der Waals surface area contributed by atoms with Crippen molar-refractivity contribution in [3.63, 3.8) is 0 Å². The van der Waals surface area contributed by atoms with Crippen LogP contribution >= 0.6 is 46.4 Å². The Balaban J connectivity index is 2.46. The Morgan fingerprint density at radius 2 is 1.83 bits per heavy atom. The Labute approximate surface area is 124 Å². The Bertz CT molecular complexity index is 657. The summed E-state index contributed by atoms with van der Waals surface area (Å²) in [4.78, 5) is 4.54. The lowest BCUT2D eigenvalue weighted by Crippen LogP contribution is -2.12. The van der Waals surface area contributed by atoms with Crippen LogP contribution in [0.1, 0.15) is 11.3 Å². The maximum Gasteiger partial charge on any atom is 0.0922 e. The van der Waals surface area contributed by atoms with Crippen LogP contribution in [-0.4, -0.2) is 11.6 Å². The SMILES string of the molecule is Clc1cc(Cl)c2nc3c(c(Cl)c2c1Cl)COCC3. The van der Waals surface area contributed by atoms with Crippen molar-refractivity contribution in [3.05, 3.63) is 37.4 Å². The van der Waals surface area contributed by atoms with Crippen LogP contribution < -0.4 is 0 Å². The summed E-state index contributed by atoms with van der Waals surface area (Å²) in [5.41, 5.74) is 2.38. The first-order chi connectivity index (χ1) is 8.59. The molecule has 1 aliphatic heterocycles. The van der Waals surface area contributed by atoms with Crippen molar-refractivity contribution in [1.29, 1.82) is 0 Å². The summed E-state index contributed by atoms with van der Waals surface area (Å²) in [7, 11) is 0. The largest absolute Gasteiger partial charge is 0.376 e. The fraction of sp³-hybridized carbons (Fsp3) is 0.250. The van der Waals surface area contributed by atoms with Crippen molar-refractivity contribution in [3.8, 4) is 0 Å². The number of pyridine rings is 1. The van der Waals surface area contributed by atoms with Gasteiger partial charge in [-0.3, -0.25) is 4.98 Å². The average Bonchev–Trinajstić information content (AvgIpc) is 2.36. The van der Waals surface area contributed by atoms with E-state index in [1.807, 2.05) is 0 Å². The third-order valence-corrected chi connectivity index (χ3v) is 4.45. The van der Waals surface area contributed by atoms with Crippen LogP contribution in [0.25, 0.3) is 10.9 Å². The number of benzene rings is 1. The molecule has 94 valence electrons. The lowest BCUT2D eigenvalue weighted by Gasteiger charge is -2.19. The predicted octanol–water partition coefficient (Wildman–Crippen LogP) is 4.92. The zero-order valence-electron chi connectivity index (χ0n) is 9.07. The van der Waals surface area contributed by atoms with Crippen LogP contribution in [0.4, 0.5) is 0 Å². The fourth-order valence-electron chi connectivity index (χ4n) is 2.07. The molecular weight excluding hydrogens is 316 g/mol. The van der Waals surface area contributed by atoms with Gasteiger partial charge in [-0.1, -0.05) is 46.4 Å².